The van der Waals surface area contributed by atoms with Gasteiger partial charge in [-0.05, 0) is 83.5 Å². The zero-order valence-corrected chi connectivity index (χ0v) is 40.0. The fourth-order valence-electron chi connectivity index (χ4n) is 6.22. The third kappa shape index (κ3) is 45.2. The van der Waals surface area contributed by atoms with Crippen LogP contribution in [0.4, 0.5) is 0 Å². The molecule has 0 fully saturated rings. The van der Waals surface area contributed by atoms with Crippen LogP contribution in [0.1, 0.15) is 194 Å². The fraction of sp³-hybridized carbons (Fsp3) is 0.760. The number of unbranched alkanes of at least 4 members (excludes halogenated alkanes) is 19. The predicted octanol–water partition coefficient (Wildman–Crippen LogP) is 13.4. The van der Waals surface area contributed by atoms with Gasteiger partial charge < -0.3 is 27.9 Å². The molecule has 0 radical (unpaired) electrons. The maximum absolute atomic E-state index is 12.7. The first-order chi connectivity index (χ1) is 29.0. The maximum Gasteiger partial charge on any atom is 0.306 e. The van der Waals surface area contributed by atoms with E-state index < -0.39 is 32.5 Å². The van der Waals surface area contributed by atoms with Crippen LogP contribution in [0.5, 0.6) is 0 Å². The van der Waals surface area contributed by atoms with Gasteiger partial charge in [0.25, 0.3) is 7.82 Å². The predicted molar refractivity (Wildman–Crippen MR) is 250 cm³/mol. The van der Waals surface area contributed by atoms with Crippen LogP contribution in [0, 0.1) is 0 Å². The van der Waals surface area contributed by atoms with Gasteiger partial charge in [-0.15, -0.1) is 0 Å². The Morgan fingerprint density at radius 1 is 0.517 bits per heavy atom. The largest absolute Gasteiger partial charge is 0.756 e. The van der Waals surface area contributed by atoms with E-state index >= 15 is 0 Å². The van der Waals surface area contributed by atoms with Crippen molar-refractivity contribution in [1.82, 2.24) is 0 Å². The molecule has 0 aromatic rings. The van der Waals surface area contributed by atoms with E-state index in [1.54, 1.807) is 0 Å². The van der Waals surface area contributed by atoms with Gasteiger partial charge >= 0.3 is 11.9 Å². The van der Waals surface area contributed by atoms with Gasteiger partial charge in [0.2, 0.25) is 0 Å². The number of carbonyl (C=O) groups excluding carboxylic acids is 2. The summed E-state index contributed by atoms with van der Waals surface area (Å²) in [7, 11) is 1.14. The van der Waals surface area contributed by atoms with Crippen molar-refractivity contribution in [1.29, 1.82) is 0 Å². The van der Waals surface area contributed by atoms with Gasteiger partial charge in [0, 0.05) is 12.8 Å². The lowest BCUT2D eigenvalue weighted by atomic mass is 10.1. The molecule has 9 nitrogen and oxygen atoms in total. The van der Waals surface area contributed by atoms with Crippen molar-refractivity contribution in [3.05, 3.63) is 60.8 Å². The monoisotopic (exact) mass is 864 g/mol. The molecule has 0 aliphatic carbocycles. The molecule has 60 heavy (non-hydrogen) atoms. The van der Waals surface area contributed by atoms with Gasteiger partial charge in [0.1, 0.15) is 19.8 Å². The minimum Gasteiger partial charge on any atom is -0.756 e. The number of hydrogen-bond acceptors (Lipinski definition) is 8. The van der Waals surface area contributed by atoms with Crippen LogP contribution >= 0.6 is 7.82 Å². The minimum absolute atomic E-state index is 0.0378. The van der Waals surface area contributed by atoms with Crippen molar-refractivity contribution in [2.45, 2.75) is 200 Å². The number of rotatable bonds is 43. The Bertz CT molecular complexity index is 1210. The summed E-state index contributed by atoms with van der Waals surface area (Å²) in [6.07, 6.45) is 51.0. The second kappa shape index (κ2) is 42.0. The van der Waals surface area contributed by atoms with Crippen molar-refractivity contribution in [3.8, 4) is 0 Å². The SMILES string of the molecule is CCCCC/C=C\C/C=C\C/C=C\CCCCCCC(=O)OC[C@H](COP(=O)([O-])OCC[N+](C)(C)C)OC(=O)CCCCCCCCCCC/C=C\C/C=C\CCCCC. The van der Waals surface area contributed by atoms with Crippen molar-refractivity contribution < 1.29 is 42.1 Å². The summed E-state index contributed by atoms with van der Waals surface area (Å²) in [5, 5.41) is 0. The minimum atomic E-state index is -4.64. The summed E-state index contributed by atoms with van der Waals surface area (Å²) >= 11 is 0. The number of phosphoric ester groups is 1. The van der Waals surface area contributed by atoms with Gasteiger partial charge in [0.05, 0.1) is 27.7 Å². The molecule has 0 amide bonds. The Morgan fingerprint density at radius 2 is 0.900 bits per heavy atom. The molecule has 0 saturated carbocycles. The average molecular weight is 864 g/mol. The molecular formula is C50H90NO8P. The van der Waals surface area contributed by atoms with Crippen molar-refractivity contribution >= 4 is 19.8 Å². The zero-order chi connectivity index (χ0) is 44.3. The van der Waals surface area contributed by atoms with Crippen LogP contribution in [0.15, 0.2) is 60.8 Å². The number of carbonyl (C=O) groups is 2. The van der Waals surface area contributed by atoms with E-state index in [2.05, 4.69) is 74.6 Å². The van der Waals surface area contributed by atoms with Gasteiger partial charge in [-0.2, -0.15) is 0 Å². The van der Waals surface area contributed by atoms with Gasteiger partial charge in [-0.3, -0.25) is 14.2 Å². The van der Waals surface area contributed by atoms with E-state index in [4.69, 9.17) is 18.5 Å². The summed E-state index contributed by atoms with van der Waals surface area (Å²) in [6, 6.07) is 0. The molecule has 0 saturated heterocycles. The summed E-state index contributed by atoms with van der Waals surface area (Å²) in [6.45, 7) is 4.14. The smallest absolute Gasteiger partial charge is 0.306 e. The van der Waals surface area contributed by atoms with Gasteiger partial charge in [-0.25, -0.2) is 0 Å². The second-order valence-corrected chi connectivity index (χ2v) is 18.5. The molecule has 2 atom stereocenters. The second-order valence-electron chi connectivity index (χ2n) is 17.1. The number of esters is 2. The van der Waals surface area contributed by atoms with Crippen LogP contribution < -0.4 is 4.89 Å². The summed E-state index contributed by atoms with van der Waals surface area (Å²) in [5.74, 6) is -0.866. The van der Waals surface area contributed by atoms with Crippen molar-refractivity contribution in [3.63, 3.8) is 0 Å². The fourth-order valence-corrected chi connectivity index (χ4v) is 6.95. The average Bonchev–Trinajstić information content (AvgIpc) is 3.20. The van der Waals surface area contributed by atoms with E-state index in [0.717, 1.165) is 70.6 Å². The number of allylic oxidation sites excluding steroid dienone is 10. The standard InChI is InChI=1S/C50H90NO8P/c1-6-8-10-12-14-16-18-20-22-24-25-27-29-31-33-35-37-39-41-43-50(53)59-48(47-58-60(54,55)57-45-44-51(3,4)5)46-56-49(52)42-40-38-36-34-32-30-28-26-23-21-19-17-15-13-11-9-7-2/h14-17,20-23,28,30,48H,6-13,18-19,24-27,29,31-47H2,1-5H3/b16-14-,17-15-,22-20-,23-21-,30-28-/t48-/m1/s1. The van der Waals surface area contributed by atoms with Crippen LogP contribution in [-0.4, -0.2) is 70.0 Å². The third-order valence-corrected chi connectivity index (χ3v) is 11.0. The Labute approximate surface area is 368 Å². The zero-order valence-electron chi connectivity index (χ0n) is 39.1. The van der Waals surface area contributed by atoms with Crippen molar-refractivity contribution in [2.24, 2.45) is 0 Å². The van der Waals surface area contributed by atoms with E-state index in [9.17, 15) is 19.0 Å². The highest BCUT2D eigenvalue weighted by Gasteiger charge is 2.21. The molecule has 0 aromatic carbocycles. The molecule has 0 N–H and O–H groups in total. The lowest BCUT2D eigenvalue weighted by molar-refractivity contribution is -0.870. The molecule has 348 valence electrons. The third-order valence-electron chi connectivity index (χ3n) is 10.0. The summed E-state index contributed by atoms with van der Waals surface area (Å²) < 4.78 is 34.0. The summed E-state index contributed by atoms with van der Waals surface area (Å²) in [4.78, 5) is 37.6. The molecule has 0 rings (SSSR count). The van der Waals surface area contributed by atoms with Crippen molar-refractivity contribution in [2.75, 3.05) is 47.5 Å². The quantitative estimate of drug-likeness (QED) is 0.0196. The molecule has 0 bridgehead atoms. The molecule has 0 spiro atoms. The molecule has 0 heterocycles. The van der Waals surface area contributed by atoms with Crippen LogP contribution in [-0.2, 0) is 32.7 Å². The van der Waals surface area contributed by atoms with E-state index in [1.807, 2.05) is 21.1 Å². The lowest BCUT2D eigenvalue weighted by Gasteiger charge is -2.28. The lowest BCUT2D eigenvalue weighted by Crippen LogP contribution is -2.37. The molecule has 0 aromatic heterocycles. The highest BCUT2D eigenvalue weighted by Crippen LogP contribution is 2.38. The molecule has 10 heteroatoms. The Kier molecular flexibility index (Phi) is 40.4. The van der Waals surface area contributed by atoms with Crippen LogP contribution in [0.2, 0.25) is 0 Å². The molecular weight excluding hydrogens is 774 g/mol. The number of ether oxygens (including phenoxy) is 2. The Balaban J connectivity index is 4.36. The topological polar surface area (TPSA) is 111 Å². The number of quaternary nitrogens is 1. The number of hydrogen-bond donors (Lipinski definition) is 0. The highest BCUT2D eigenvalue weighted by molar-refractivity contribution is 7.45. The van der Waals surface area contributed by atoms with Gasteiger partial charge in [0.15, 0.2) is 6.10 Å². The summed E-state index contributed by atoms with van der Waals surface area (Å²) in [5.41, 5.74) is 0. The highest BCUT2D eigenvalue weighted by atomic mass is 31.2. The first kappa shape index (κ1) is 57.7. The van der Waals surface area contributed by atoms with Crippen LogP contribution in [0.3, 0.4) is 0 Å². The van der Waals surface area contributed by atoms with E-state index in [1.165, 1.54) is 83.5 Å². The first-order valence-electron chi connectivity index (χ1n) is 24.0. The number of likely N-dealkylation sites (N-methyl/N-ethyl adjacent to an activating group) is 1. The first-order valence-corrected chi connectivity index (χ1v) is 25.5. The molecule has 0 aliphatic heterocycles. The van der Waals surface area contributed by atoms with E-state index in [0.29, 0.717) is 23.9 Å². The Hall–Kier alpha value is -2.29. The van der Waals surface area contributed by atoms with Gasteiger partial charge in [-0.1, -0.05) is 158 Å². The maximum atomic E-state index is 12.7. The Morgan fingerprint density at radius 3 is 1.33 bits per heavy atom. The number of nitrogens with zero attached hydrogens (tertiary/aromatic N) is 1. The normalized spacial score (nSPS) is 14.0. The molecule has 0 aliphatic rings. The van der Waals surface area contributed by atoms with Crippen LogP contribution in [0.25, 0.3) is 0 Å². The van der Waals surface area contributed by atoms with E-state index in [-0.39, 0.29) is 26.1 Å². The molecule has 1 unspecified atom stereocenters. The number of phosphoric acid groups is 1.